The molecule has 1 N–H and O–H groups in total. The van der Waals surface area contributed by atoms with Crippen LogP contribution >= 0.6 is 0 Å². The smallest absolute Gasteiger partial charge is 0.411 e. The normalized spacial score (nSPS) is 9.00. The lowest BCUT2D eigenvalue weighted by Gasteiger charge is -2.02. The number of nitrogens with zero attached hydrogens (tertiary/aromatic N) is 1. The second-order valence-electron chi connectivity index (χ2n) is 2.25. The number of carbonyl (C=O) groups is 1. The van der Waals surface area contributed by atoms with E-state index in [4.69, 9.17) is 0 Å². The second kappa shape index (κ2) is 4.20. The molecule has 0 aliphatic rings. The van der Waals surface area contributed by atoms with Crippen LogP contribution < -0.4 is 5.32 Å². The monoisotopic (exact) mass is 180 g/mol. The Kier molecular flexibility index (Phi) is 2.97. The van der Waals surface area contributed by atoms with Crippen LogP contribution in [0.1, 0.15) is 0 Å². The summed E-state index contributed by atoms with van der Waals surface area (Å²) >= 11 is 0. The molecule has 1 aromatic rings. The molecule has 5 heteroatoms. The topological polar surface area (TPSA) is 67.8 Å². The number of hydrogen-bond donors (Lipinski definition) is 1. The highest BCUT2D eigenvalue weighted by molar-refractivity contribution is 5.84. The Bertz CT molecular complexity index is 308. The fraction of sp³-hybridized carbons (Fsp3) is 0.125. The zero-order valence-electron chi connectivity index (χ0n) is 6.98. The first-order valence-electron chi connectivity index (χ1n) is 3.54. The van der Waals surface area contributed by atoms with E-state index in [1.807, 2.05) is 0 Å². The predicted octanol–water partition coefficient (Wildman–Crippen LogP) is 2.26. The Hall–Kier alpha value is -1.91. The van der Waals surface area contributed by atoms with E-state index in [0.717, 1.165) is 0 Å². The van der Waals surface area contributed by atoms with Gasteiger partial charge in [-0.15, -0.1) is 4.91 Å². The fourth-order valence-electron chi connectivity index (χ4n) is 0.775. The predicted molar refractivity (Wildman–Crippen MR) is 47.9 cm³/mol. The summed E-state index contributed by atoms with van der Waals surface area (Å²) in [4.78, 5) is 20.8. The number of hydrogen-bond acceptors (Lipinski definition) is 4. The summed E-state index contributed by atoms with van der Waals surface area (Å²) < 4.78 is 4.38. The van der Waals surface area contributed by atoms with Gasteiger partial charge in [0.15, 0.2) is 0 Å². The van der Waals surface area contributed by atoms with E-state index in [2.05, 4.69) is 15.2 Å². The van der Waals surface area contributed by atoms with Crippen molar-refractivity contribution in [3.05, 3.63) is 29.2 Å². The largest absolute Gasteiger partial charge is 0.453 e. The van der Waals surface area contributed by atoms with Crippen molar-refractivity contribution in [3.63, 3.8) is 0 Å². The van der Waals surface area contributed by atoms with Crippen molar-refractivity contribution in [2.24, 2.45) is 5.18 Å². The number of anilines is 1. The van der Waals surface area contributed by atoms with Crippen molar-refractivity contribution >= 4 is 17.5 Å². The molecule has 0 atom stereocenters. The number of nitrogens with one attached hydrogen (secondary N) is 1. The maximum Gasteiger partial charge on any atom is 0.411 e. The van der Waals surface area contributed by atoms with Crippen LogP contribution in [0.5, 0.6) is 0 Å². The standard InChI is InChI=1S/C8H8N2O3/c1-13-8(11)9-6-2-4-7(10-12)5-3-6/h2-5H,1H3,(H,9,11). The van der Waals surface area contributed by atoms with Gasteiger partial charge in [-0.1, -0.05) is 0 Å². The molecular formula is C8H8N2O3. The Morgan fingerprint density at radius 3 is 2.46 bits per heavy atom. The van der Waals surface area contributed by atoms with E-state index in [0.29, 0.717) is 11.4 Å². The molecule has 0 heterocycles. The highest BCUT2D eigenvalue weighted by Gasteiger charge is 1.99. The highest BCUT2D eigenvalue weighted by Crippen LogP contribution is 2.15. The summed E-state index contributed by atoms with van der Waals surface area (Å²) in [5.74, 6) is 0. The number of methoxy groups -OCH3 is 1. The number of ether oxygens (including phenoxy) is 1. The summed E-state index contributed by atoms with van der Waals surface area (Å²) in [6, 6.07) is 6.12. The first kappa shape index (κ1) is 9.18. The van der Waals surface area contributed by atoms with Gasteiger partial charge in [0.25, 0.3) is 0 Å². The average Bonchev–Trinajstić information content (AvgIpc) is 2.19. The van der Waals surface area contributed by atoms with E-state index in [-0.39, 0.29) is 0 Å². The second-order valence-corrected chi connectivity index (χ2v) is 2.25. The van der Waals surface area contributed by atoms with Crippen LogP contribution in [0.15, 0.2) is 29.4 Å². The van der Waals surface area contributed by atoms with Crippen molar-refractivity contribution in [2.45, 2.75) is 0 Å². The highest BCUT2D eigenvalue weighted by atomic mass is 16.5. The number of carbonyl (C=O) groups excluding carboxylic acids is 1. The van der Waals surface area contributed by atoms with Crippen molar-refractivity contribution in [2.75, 3.05) is 12.4 Å². The molecule has 0 radical (unpaired) electrons. The SMILES string of the molecule is COC(=O)Nc1ccc(N=O)cc1. The molecule has 0 aliphatic carbocycles. The summed E-state index contributed by atoms with van der Waals surface area (Å²) in [5, 5.41) is 5.16. The minimum Gasteiger partial charge on any atom is -0.453 e. The van der Waals surface area contributed by atoms with Crippen LogP contribution in [0.4, 0.5) is 16.2 Å². The molecule has 0 aliphatic heterocycles. The lowest BCUT2D eigenvalue weighted by molar-refractivity contribution is 0.187. The van der Waals surface area contributed by atoms with Crippen LogP contribution in [0.3, 0.4) is 0 Å². The Labute approximate surface area is 74.7 Å². The van der Waals surface area contributed by atoms with Crippen molar-refractivity contribution in [3.8, 4) is 0 Å². The first-order chi connectivity index (χ1) is 6.26. The van der Waals surface area contributed by atoms with Gasteiger partial charge in [0, 0.05) is 5.69 Å². The molecule has 0 bridgehead atoms. The summed E-state index contributed by atoms with van der Waals surface area (Å²) in [6.07, 6.45) is -0.549. The maximum absolute atomic E-state index is 10.7. The van der Waals surface area contributed by atoms with E-state index >= 15 is 0 Å². The first-order valence-corrected chi connectivity index (χ1v) is 3.54. The third kappa shape index (κ3) is 2.55. The lowest BCUT2D eigenvalue weighted by Crippen LogP contribution is -2.10. The van der Waals surface area contributed by atoms with Crippen LogP contribution in [-0.2, 0) is 4.74 Å². The van der Waals surface area contributed by atoms with Gasteiger partial charge in [-0.3, -0.25) is 5.32 Å². The molecule has 68 valence electrons. The van der Waals surface area contributed by atoms with Gasteiger partial charge in [0.05, 0.1) is 7.11 Å². The minimum atomic E-state index is -0.549. The maximum atomic E-state index is 10.7. The fourth-order valence-corrected chi connectivity index (χ4v) is 0.775. The molecule has 1 aromatic carbocycles. The van der Waals surface area contributed by atoms with Gasteiger partial charge in [-0.25, -0.2) is 4.79 Å². The molecule has 0 aromatic heterocycles. The van der Waals surface area contributed by atoms with Gasteiger partial charge < -0.3 is 4.74 Å². The zero-order valence-corrected chi connectivity index (χ0v) is 6.98. The lowest BCUT2D eigenvalue weighted by atomic mass is 10.3. The van der Waals surface area contributed by atoms with E-state index in [1.165, 1.54) is 19.2 Å². The molecule has 0 unspecified atom stereocenters. The number of nitroso groups, excluding NO2 is 1. The average molecular weight is 180 g/mol. The quantitative estimate of drug-likeness (QED) is 0.709. The molecule has 0 spiro atoms. The molecule has 0 fully saturated rings. The molecule has 1 amide bonds. The third-order valence-electron chi connectivity index (χ3n) is 1.40. The molecular weight excluding hydrogens is 172 g/mol. The zero-order chi connectivity index (χ0) is 9.68. The van der Waals surface area contributed by atoms with E-state index in [9.17, 15) is 9.70 Å². The van der Waals surface area contributed by atoms with Gasteiger partial charge in [0.1, 0.15) is 5.69 Å². The van der Waals surface area contributed by atoms with Crippen molar-refractivity contribution in [1.82, 2.24) is 0 Å². The Morgan fingerprint density at radius 2 is 2.00 bits per heavy atom. The number of amides is 1. The van der Waals surface area contributed by atoms with Crippen LogP contribution in [-0.4, -0.2) is 13.2 Å². The van der Waals surface area contributed by atoms with E-state index < -0.39 is 6.09 Å². The summed E-state index contributed by atoms with van der Waals surface area (Å²) in [5.41, 5.74) is 0.870. The summed E-state index contributed by atoms with van der Waals surface area (Å²) in [6.45, 7) is 0. The van der Waals surface area contributed by atoms with Crippen molar-refractivity contribution < 1.29 is 9.53 Å². The molecule has 0 saturated carbocycles. The molecule has 13 heavy (non-hydrogen) atoms. The van der Waals surface area contributed by atoms with Crippen LogP contribution in [0.2, 0.25) is 0 Å². The van der Waals surface area contributed by atoms with Gasteiger partial charge >= 0.3 is 6.09 Å². The molecule has 0 saturated heterocycles. The Morgan fingerprint density at radius 1 is 1.38 bits per heavy atom. The van der Waals surface area contributed by atoms with Gasteiger partial charge in [-0.2, -0.15) is 0 Å². The molecule has 5 nitrogen and oxygen atoms in total. The minimum absolute atomic E-state index is 0.315. The third-order valence-corrected chi connectivity index (χ3v) is 1.40. The number of benzene rings is 1. The molecule has 1 rings (SSSR count). The summed E-state index contributed by atoms with van der Waals surface area (Å²) in [7, 11) is 1.27. The van der Waals surface area contributed by atoms with E-state index in [1.54, 1.807) is 12.1 Å². The van der Waals surface area contributed by atoms with Crippen LogP contribution in [0.25, 0.3) is 0 Å². The van der Waals surface area contributed by atoms with Gasteiger partial charge in [-0.05, 0) is 29.4 Å². The number of rotatable bonds is 2. The van der Waals surface area contributed by atoms with Gasteiger partial charge in [0.2, 0.25) is 0 Å². The Balaban J connectivity index is 2.69. The van der Waals surface area contributed by atoms with Crippen LogP contribution in [0, 0.1) is 4.91 Å². The van der Waals surface area contributed by atoms with Crippen molar-refractivity contribution in [1.29, 1.82) is 0 Å².